The third-order valence-corrected chi connectivity index (χ3v) is 5.30. The molecule has 30 heavy (non-hydrogen) atoms. The fourth-order valence-electron chi connectivity index (χ4n) is 3.25. The van der Waals surface area contributed by atoms with Crippen molar-refractivity contribution in [2.45, 2.75) is 20.8 Å². The molecule has 0 fully saturated rings. The van der Waals surface area contributed by atoms with Gasteiger partial charge in [-0.3, -0.25) is 4.79 Å². The first-order chi connectivity index (χ1) is 14.4. The third-order valence-electron chi connectivity index (χ3n) is 4.62. The molecule has 0 unspecified atom stereocenters. The molecular weight excluding hydrogens is 489 g/mol. The van der Waals surface area contributed by atoms with E-state index in [9.17, 15) is 10.1 Å². The van der Waals surface area contributed by atoms with Gasteiger partial charge in [0.25, 0.3) is 5.91 Å². The van der Waals surface area contributed by atoms with E-state index in [0.29, 0.717) is 12.3 Å². The van der Waals surface area contributed by atoms with Crippen LogP contribution in [0.2, 0.25) is 0 Å². The Balaban J connectivity index is 1.86. The summed E-state index contributed by atoms with van der Waals surface area (Å²) in [6.45, 7) is 6.48. The number of aryl methyl sites for hydroxylation is 1. The van der Waals surface area contributed by atoms with Crippen LogP contribution < -0.4 is 10.1 Å². The van der Waals surface area contributed by atoms with Crippen LogP contribution in [-0.2, 0) is 4.79 Å². The van der Waals surface area contributed by atoms with Crippen molar-refractivity contribution in [2.75, 3.05) is 11.9 Å². The number of aromatic nitrogens is 1. The van der Waals surface area contributed by atoms with Gasteiger partial charge in [-0.15, -0.1) is 0 Å². The molecule has 3 aromatic rings. The molecule has 1 N–H and O–H groups in total. The first-order valence-corrected chi connectivity index (χ1v) is 10.6. The maximum Gasteiger partial charge on any atom is 0.266 e. The first kappa shape index (κ1) is 21.7. The van der Waals surface area contributed by atoms with Crippen molar-refractivity contribution in [1.82, 2.24) is 4.57 Å². The van der Waals surface area contributed by atoms with E-state index >= 15 is 0 Å². The molecule has 152 valence electrons. The molecule has 0 aliphatic rings. The molecule has 0 aliphatic heterocycles. The zero-order valence-electron chi connectivity index (χ0n) is 17.1. The molecule has 0 saturated carbocycles. The van der Waals surface area contributed by atoms with Crippen molar-refractivity contribution in [1.29, 1.82) is 5.26 Å². The van der Waals surface area contributed by atoms with Crippen LogP contribution in [0.25, 0.3) is 11.8 Å². The number of nitriles is 1. The number of hydrogen-bond donors (Lipinski definition) is 1. The van der Waals surface area contributed by atoms with Gasteiger partial charge < -0.3 is 14.6 Å². The SMILES string of the molecule is CCOc1ccc(NC(=O)/C(C#N)=C/c2cc(C)n(-c3cccc(I)c3)c2C)cc1. The van der Waals surface area contributed by atoms with Gasteiger partial charge in [0.1, 0.15) is 17.4 Å². The number of hydrogen-bond acceptors (Lipinski definition) is 3. The maximum absolute atomic E-state index is 12.6. The van der Waals surface area contributed by atoms with E-state index in [1.165, 1.54) is 0 Å². The normalized spacial score (nSPS) is 11.1. The summed E-state index contributed by atoms with van der Waals surface area (Å²) in [5.41, 5.74) is 4.54. The van der Waals surface area contributed by atoms with Crippen LogP contribution in [0.3, 0.4) is 0 Å². The molecule has 0 radical (unpaired) electrons. The van der Waals surface area contributed by atoms with Gasteiger partial charge in [-0.25, -0.2) is 0 Å². The number of nitrogens with zero attached hydrogens (tertiary/aromatic N) is 2. The summed E-state index contributed by atoms with van der Waals surface area (Å²) < 4.78 is 8.66. The number of halogens is 1. The summed E-state index contributed by atoms with van der Waals surface area (Å²) in [5, 5.41) is 12.3. The molecule has 0 aliphatic carbocycles. The van der Waals surface area contributed by atoms with Gasteiger partial charge in [0.2, 0.25) is 0 Å². The highest BCUT2D eigenvalue weighted by atomic mass is 127. The van der Waals surface area contributed by atoms with Gasteiger partial charge >= 0.3 is 0 Å². The predicted molar refractivity (Wildman–Crippen MR) is 128 cm³/mol. The lowest BCUT2D eigenvalue weighted by Crippen LogP contribution is -2.13. The van der Waals surface area contributed by atoms with Gasteiger partial charge in [-0.05, 0) is 104 Å². The van der Waals surface area contributed by atoms with Gasteiger partial charge in [0.15, 0.2) is 0 Å². The molecule has 3 rings (SSSR count). The van der Waals surface area contributed by atoms with Crippen LogP contribution >= 0.6 is 22.6 Å². The quantitative estimate of drug-likeness (QED) is 0.265. The molecule has 0 saturated heterocycles. The van der Waals surface area contributed by atoms with Gasteiger partial charge in [-0.2, -0.15) is 5.26 Å². The summed E-state index contributed by atoms with van der Waals surface area (Å²) in [7, 11) is 0. The van der Waals surface area contributed by atoms with E-state index in [1.54, 1.807) is 30.3 Å². The van der Waals surface area contributed by atoms with Crippen LogP contribution in [-0.4, -0.2) is 17.1 Å². The van der Waals surface area contributed by atoms with Crippen LogP contribution in [0.1, 0.15) is 23.9 Å². The molecule has 6 heteroatoms. The van der Waals surface area contributed by atoms with Gasteiger partial charge in [0.05, 0.1) is 6.61 Å². The van der Waals surface area contributed by atoms with Crippen molar-refractivity contribution >= 4 is 40.3 Å². The summed E-state index contributed by atoms with van der Waals surface area (Å²) in [5.74, 6) is 0.287. The third kappa shape index (κ3) is 4.92. The average Bonchev–Trinajstić information content (AvgIpc) is 3.00. The standard InChI is InChI=1S/C24H22IN3O2/c1-4-30-23-10-8-21(9-11-23)27-24(29)19(15-26)13-18-12-16(2)28(17(18)3)22-7-5-6-20(25)14-22/h5-14H,4H2,1-3H3,(H,27,29)/b19-13+. The minimum Gasteiger partial charge on any atom is -0.494 e. The second-order valence-electron chi connectivity index (χ2n) is 6.72. The number of nitrogens with one attached hydrogen (secondary N) is 1. The highest BCUT2D eigenvalue weighted by Gasteiger charge is 2.14. The Kier molecular flexibility index (Phi) is 6.95. The summed E-state index contributed by atoms with van der Waals surface area (Å²) in [4.78, 5) is 12.6. The minimum atomic E-state index is -0.444. The number of carbonyl (C=O) groups excluding carboxylic acids is 1. The van der Waals surface area contributed by atoms with Gasteiger partial charge in [-0.1, -0.05) is 6.07 Å². The van der Waals surface area contributed by atoms with Crippen LogP contribution in [0.15, 0.2) is 60.2 Å². The molecule has 1 aromatic heterocycles. The highest BCUT2D eigenvalue weighted by molar-refractivity contribution is 14.1. The molecule has 5 nitrogen and oxygen atoms in total. The lowest BCUT2D eigenvalue weighted by atomic mass is 10.1. The van der Waals surface area contributed by atoms with E-state index in [1.807, 2.05) is 51.1 Å². The summed E-state index contributed by atoms with van der Waals surface area (Å²) >= 11 is 2.28. The van der Waals surface area contributed by atoms with Crippen molar-refractivity contribution < 1.29 is 9.53 Å². The van der Waals surface area contributed by atoms with E-state index in [-0.39, 0.29) is 5.57 Å². The van der Waals surface area contributed by atoms with Crippen molar-refractivity contribution in [2.24, 2.45) is 0 Å². The number of rotatable bonds is 6. The minimum absolute atomic E-state index is 0.0479. The Morgan fingerprint density at radius 3 is 2.57 bits per heavy atom. The zero-order valence-corrected chi connectivity index (χ0v) is 19.2. The molecular formula is C24H22IN3O2. The summed E-state index contributed by atoms with van der Waals surface area (Å²) in [6.07, 6.45) is 1.64. The van der Waals surface area contributed by atoms with E-state index in [0.717, 1.165) is 32.0 Å². The van der Waals surface area contributed by atoms with Crippen molar-refractivity contribution in [3.63, 3.8) is 0 Å². The molecule has 1 heterocycles. The second kappa shape index (κ2) is 9.63. The number of anilines is 1. The number of carbonyl (C=O) groups is 1. The monoisotopic (exact) mass is 511 g/mol. The average molecular weight is 511 g/mol. The zero-order chi connectivity index (χ0) is 21.7. The first-order valence-electron chi connectivity index (χ1n) is 9.53. The summed E-state index contributed by atoms with van der Waals surface area (Å²) in [6, 6.07) is 19.3. The molecule has 0 atom stereocenters. The maximum atomic E-state index is 12.6. The lowest BCUT2D eigenvalue weighted by molar-refractivity contribution is -0.112. The van der Waals surface area contributed by atoms with Crippen LogP contribution in [0.5, 0.6) is 5.75 Å². The van der Waals surface area contributed by atoms with Crippen LogP contribution in [0, 0.1) is 28.7 Å². The largest absolute Gasteiger partial charge is 0.494 e. The Labute approximate surface area is 190 Å². The Hall–Kier alpha value is -3.05. The number of benzene rings is 2. The fraction of sp³-hybridized carbons (Fsp3) is 0.167. The predicted octanol–water partition coefficient (Wildman–Crippen LogP) is 5.64. The Morgan fingerprint density at radius 1 is 1.20 bits per heavy atom. The highest BCUT2D eigenvalue weighted by Crippen LogP contribution is 2.24. The van der Waals surface area contributed by atoms with Gasteiger partial charge in [0, 0.05) is 26.3 Å². The Morgan fingerprint density at radius 2 is 1.93 bits per heavy atom. The topological polar surface area (TPSA) is 67.0 Å². The van der Waals surface area contributed by atoms with E-state index < -0.39 is 5.91 Å². The fourth-order valence-corrected chi connectivity index (χ4v) is 3.78. The lowest BCUT2D eigenvalue weighted by Gasteiger charge is -2.10. The molecule has 1 amide bonds. The van der Waals surface area contributed by atoms with Crippen molar-refractivity contribution in [3.05, 3.63) is 80.7 Å². The molecule has 0 spiro atoms. The molecule has 2 aromatic carbocycles. The number of ether oxygens (including phenoxy) is 1. The van der Waals surface area contributed by atoms with Crippen LogP contribution in [0.4, 0.5) is 5.69 Å². The smallest absolute Gasteiger partial charge is 0.266 e. The second-order valence-corrected chi connectivity index (χ2v) is 7.97. The number of amides is 1. The van der Waals surface area contributed by atoms with Crippen molar-refractivity contribution in [3.8, 4) is 17.5 Å². The van der Waals surface area contributed by atoms with E-state index in [4.69, 9.17) is 4.74 Å². The molecule has 0 bridgehead atoms. The Bertz CT molecular complexity index is 1140. The van der Waals surface area contributed by atoms with E-state index in [2.05, 4.69) is 38.5 Å².